The second-order valence-electron chi connectivity index (χ2n) is 5.73. The monoisotopic (exact) mass is 326 g/mol. The largest absolute Gasteiger partial charge is 0.390 e. The van der Waals surface area contributed by atoms with Gasteiger partial charge in [-0.1, -0.05) is 19.1 Å². The Kier molecular flexibility index (Phi) is 5.20. The number of aryl methyl sites for hydroxylation is 1. The van der Waals surface area contributed by atoms with E-state index < -0.39 is 22.0 Å². The molecule has 1 heterocycles. The van der Waals surface area contributed by atoms with Crippen LogP contribution in [-0.2, 0) is 21.1 Å². The second kappa shape index (κ2) is 6.76. The first kappa shape index (κ1) is 16.9. The molecule has 1 aliphatic rings. The minimum absolute atomic E-state index is 0.0353. The minimum Gasteiger partial charge on any atom is -0.390 e. The molecule has 0 aromatic heterocycles. The number of hydrogen-bond donors (Lipinski definition) is 2. The van der Waals surface area contributed by atoms with Crippen LogP contribution in [0.1, 0.15) is 12.5 Å². The molecule has 0 spiro atoms. The Balaban J connectivity index is 1.94. The summed E-state index contributed by atoms with van der Waals surface area (Å²) < 4.78 is 23.0. The number of anilines is 1. The van der Waals surface area contributed by atoms with Crippen LogP contribution >= 0.6 is 0 Å². The van der Waals surface area contributed by atoms with E-state index in [4.69, 9.17) is 0 Å². The van der Waals surface area contributed by atoms with E-state index in [9.17, 15) is 18.3 Å². The van der Waals surface area contributed by atoms with Gasteiger partial charge in [-0.2, -0.15) is 0 Å². The van der Waals surface area contributed by atoms with Crippen LogP contribution in [0.5, 0.6) is 0 Å². The highest BCUT2D eigenvalue weighted by Crippen LogP contribution is 2.17. The van der Waals surface area contributed by atoms with Crippen LogP contribution in [0.4, 0.5) is 5.69 Å². The number of rotatable bonds is 5. The van der Waals surface area contributed by atoms with Crippen LogP contribution in [0, 0.1) is 0 Å². The molecule has 2 unspecified atom stereocenters. The summed E-state index contributed by atoms with van der Waals surface area (Å²) in [6.45, 7) is 2.07. The first-order chi connectivity index (χ1) is 10.3. The van der Waals surface area contributed by atoms with Crippen LogP contribution in [0.3, 0.4) is 0 Å². The highest BCUT2D eigenvalue weighted by Gasteiger charge is 2.39. The number of likely N-dealkylation sites (N-methyl/N-ethyl adjacent to an activating group) is 1. The van der Waals surface area contributed by atoms with Crippen molar-refractivity contribution in [1.82, 2.24) is 4.90 Å². The van der Waals surface area contributed by atoms with Crippen molar-refractivity contribution in [3.8, 4) is 0 Å². The molecule has 1 saturated heterocycles. The van der Waals surface area contributed by atoms with Gasteiger partial charge in [-0.15, -0.1) is 0 Å². The van der Waals surface area contributed by atoms with Gasteiger partial charge in [-0.3, -0.25) is 9.69 Å². The van der Waals surface area contributed by atoms with Gasteiger partial charge in [-0.25, -0.2) is 8.42 Å². The van der Waals surface area contributed by atoms with Gasteiger partial charge in [0.05, 0.1) is 30.2 Å². The first-order valence-electron chi connectivity index (χ1n) is 7.28. The lowest BCUT2D eigenvalue weighted by atomic mass is 10.1. The number of carbonyl (C=O) groups is 1. The molecule has 0 bridgehead atoms. The third-order valence-corrected chi connectivity index (χ3v) is 5.57. The summed E-state index contributed by atoms with van der Waals surface area (Å²) >= 11 is 0. The first-order valence-corrected chi connectivity index (χ1v) is 9.10. The highest BCUT2D eigenvalue weighted by molar-refractivity contribution is 7.91. The lowest BCUT2D eigenvalue weighted by Crippen LogP contribution is -2.44. The summed E-state index contributed by atoms with van der Waals surface area (Å²) in [6.07, 6.45) is -0.0540. The number of amides is 1. The Morgan fingerprint density at radius 2 is 2.14 bits per heavy atom. The zero-order valence-electron chi connectivity index (χ0n) is 12.8. The van der Waals surface area contributed by atoms with E-state index in [1.165, 1.54) is 0 Å². The Morgan fingerprint density at radius 1 is 1.41 bits per heavy atom. The Hall–Kier alpha value is -1.44. The number of aliphatic hydroxyl groups excluding tert-OH is 1. The summed E-state index contributed by atoms with van der Waals surface area (Å²) in [5.41, 5.74) is 1.85. The Morgan fingerprint density at radius 3 is 2.73 bits per heavy atom. The maximum absolute atomic E-state index is 12.1. The number of nitrogens with one attached hydrogen (secondary N) is 1. The van der Waals surface area contributed by atoms with Crippen LogP contribution in [0.2, 0.25) is 0 Å². The molecule has 7 heteroatoms. The predicted molar refractivity (Wildman–Crippen MR) is 85.5 cm³/mol. The molecule has 1 fully saturated rings. The van der Waals surface area contributed by atoms with E-state index >= 15 is 0 Å². The molecular formula is C15H22N2O4S. The molecule has 0 radical (unpaired) electrons. The topological polar surface area (TPSA) is 86.7 Å². The third-order valence-electron chi connectivity index (χ3n) is 3.87. The summed E-state index contributed by atoms with van der Waals surface area (Å²) in [4.78, 5) is 13.7. The van der Waals surface area contributed by atoms with Gasteiger partial charge in [0.15, 0.2) is 9.84 Å². The fraction of sp³-hybridized carbons (Fsp3) is 0.533. The van der Waals surface area contributed by atoms with Crippen molar-refractivity contribution < 1.29 is 18.3 Å². The van der Waals surface area contributed by atoms with Gasteiger partial charge in [-0.05, 0) is 31.2 Å². The van der Waals surface area contributed by atoms with Crippen LogP contribution in [0.25, 0.3) is 0 Å². The number of nitrogens with zero attached hydrogens (tertiary/aromatic N) is 1. The summed E-state index contributed by atoms with van der Waals surface area (Å²) in [6, 6.07) is 7.06. The van der Waals surface area contributed by atoms with Gasteiger partial charge in [0.1, 0.15) is 0 Å². The molecule has 1 aliphatic heterocycles. The molecule has 22 heavy (non-hydrogen) atoms. The standard InChI is InChI=1S/C15H22N2O4S/c1-3-11-5-4-6-12(7-11)16-15(19)8-17(2)13-9-22(20,21)10-14(13)18/h4-7,13-14,18H,3,8-10H2,1-2H3,(H,16,19). The number of aliphatic hydroxyl groups is 1. The van der Waals surface area contributed by atoms with Gasteiger partial charge in [0.2, 0.25) is 5.91 Å². The Bertz CT molecular complexity index is 645. The molecule has 0 aliphatic carbocycles. The van der Waals surface area contributed by atoms with Gasteiger partial charge in [0.25, 0.3) is 0 Å². The zero-order chi connectivity index (χ0) is 16.3. The van der Waals surface area contributed by atoms with E-state index in [1.54, 1.807) is 11.9 Å². The summed E-state index contributed by atoms with van der Waals surface area (Å²) in [5, 5.41) is 12.6. The van der Waals surface area contributed by atoms with Crippen molar-refractivity contribution in [3.05, 3.63) is 29.8 Å². The molecule has 1 aromatic carbocycles. The average molecular weight is 326 g/mol. The Labute approximate surface area is 131 Å². The molecule has 1 aromatic rings. The molecule has 1 amide bonds. The second-order valence-corrected chi connectivity index (χ2v) is 7.88. The number of carbonyl (C=O) groups excluding carboxylic acids is 1. The van der Waals surface area contributed by atoms with Crippen molar-refractivity contribution in [3.63, 3.8) is 0 Å². The quantitative estimate of drug-likeness (QED) is 0.811. The van der Waals surface area contributed by atoms with E-state index in [0.29, 0.717) is 0 Å². The normalized spacial score (nSPS) is 23.6. The van der Waals surface area contributed by atoms with Crippen LogP contribution in [0.15, 0.2) is 24.3 Å². The molecule has 2 rings (SSSR count). The van der Waals surface area contributed by atoms with Crippen molar-refractivity contribution in [2.45, 2.75) is 25.5 Å². The van der Waals surface area contributed by atoms with Gasteiger partial charge < -0.3 is 10.4 Å². The molecule has 2 N–H and O–H groups in total. The lowest BCUT2D eigenvalue weighted by Gasteiger charge is -2.25. The maximum Gasteiger partial charge on any atom is 0.238 e. The molecule has 6 nitrogen and oxygen atoms in total. The smallest absolute Gasteiger partial charge is 0.238 e. The van der Waals surface area contributed by atoms with Crippen LogP contribution < -0.4 is 5.32 Å². The van der Waals surface area contributed by atoms with Crippen molar-refractivity contribution in [2.24, 2.45) is 0 Å². The van der Waals surface area contributed by atoms with Crippen molar-refractivity contribution in [1.29, 1.82) is 0 Å². The third kappa shape index (κ3) is 4.28. The average Bonchev–Trinajstić information content (AvgIpc) is 2.72. The number of hydrogen-bond acceptors (Lipinski definition) is 5. The van der Waals surface area contributed by atoms with Crippen molar-refractivity contribution >= 4 is 21.4 Å². The molecular weight excluding hydrogens is 304 g/mol. The molecule has 2 atom stereocenters. The maximum atomic E-state index is 12.1. The van der Waals surface area contributed by atoms with Crippen LogP contribution in [-0.4, -0.2) is 61.6 Å². The minimum atomic E-state index is -3.22. The van der Waals surface area contributed by atoms with E-state index in [0.717, 1.165) is 17.7 Å². The fourth-order valence-electron chi connectivity index (χ4n) is 2.64. The van der Waals surface area contributed by atoms with Gasteiger partial charge in [0, 0.05) is 5.69 Å². The summed E-state index contributed by atoms with van der Waals surface area (Å²) in [7, 11) is -1.57. The number of benzene rings is 1. The molecule has 122 valence electrons. The van der Waals surface area contributed by atoms with E-state index in [-0.39, 0.29) is 24.0 Å². The number of sulfone groups is 1. The predicted octanol–water partition coefficient (Wildman–Crippen LogP) is 0.277. The van der Waals surface area contributed by atoms with Crippen molar-refractivity contribution in [2.75, 3.05) is 30.4 Å². The lowest BCUT2D eigenvalue weighted by molar-refractivity contribution is -0.117. The van der Waals surface area contributed by atoms with Gasteiger partial charge >= 0.3 is 0 Å². The SMILES string of the molecule is CCc1cccc(NC(=O)CN(C)C2CS(=O)(=O)CC2O)c1. The zero-order valence-corrected chi connectivity index (χ0v) is 13.6. The summed E-state index contributed by atoms with van der Waals surface area (Å²) in [5.74, 6) is -0.571. The highest BCUT2D eigenvalue weighted by atomic mass is 32.2. The van der Waals surface area contributed by atoms with E-state index in [1.807, 2.05) is 31.2 Å². The molecule has 0 saturated carbocycles. The fourth-order valence-corrected chi connectivity index (χ4v) is 4.52. The van der Waals surface area contributed by atoms with E-state index in [2.05, 4.69) is 5.32 Å².